The summed E-state index contributed by atoms with van der Waals surface area (Å²) in [6, 6.07) is 12.3. The smallest absolute Gasteiger partial charge is 0.340 e. The van der Waals surface area contributed by atoms with E-state index in [1.54, 1.807) is 30.3 Å². The highest BCUT2D eigenvalue weighted by Gasteiger charge is 2.21. The molecule has 0 aliphatic heterocycles. The second-order valence-corrected chi connectivity index (χ2v) is 6.10. The molecule has 0 aromatic heterocycles. The summed E-state index contributed by atoms with van der Waals surface area (Å²) in [6.45, 7) is 3.48. The Morgan fingerprint density at radius 2 is 1.79 bits per heavy atom. The number of benzene rings is 2. The summed E-state index contributed by atoms with van der Waals surface area (Å²) in [5.41, 5.74) is 2.04. The maximum atomic E-state index is 12.3. The van der Waals surface area contributed by atoms with E-state index >= 15 is 0 Å². The molecule has 0 radical (unpaired) electrons. The number of esters is 1. The molecule has 126 valence electrons. The molecule has 0 spiro atoms. The van der Waals surface area contributed by atoms with Gasteiger partial charge in [-0.25, -0.2) is 4.79 Å². The molecule has 1 N–H and O–H groups in total. The second-order valence-electron chi connectivity index (χ2n) is 5.25. The summed E-state index contributed by atoms with van der Waals surface area (Å²) in [5.74, 6) is -0.472. The van der Waals surface area contributed by atoms with Crippen molar-refractivity contribution in [1.82, 2.24) is 0 Å². The number of amides is 1. The lowest BCUT2D eigenvalue weighted by molar-refractivity contribution is -0.123. The van der Waals surface area contributed by atoms with E-state index in [2.05, 4.69) is 21.2 Å². The Hall–Kier alpha value is -2.34. The van der Waals surface area contributed by atoms with Crippen LogP contribution in [0.4, 0.5) is 5.69 Å². The van der Waals surface area contributed by atoms with Crippen LogP contribution in [0.15, 0.2) is 46.9 Å². The number of aryl methyl sites for hydroxylation is 1. The van der Waals surface area contributed by atoms with E-state index in [0.29, 0.717) is 21.5 Å². The van der Waals surface area contributed by atoms with Crippen LogP contribution in [0.25, 0.3) is 0 Å². The standard InChI is InChI=1S/C18H18BrNO4/c1-11-4-6-13(7-5-11)20-17(21)12(2)24-18(22)15-10-14(23-3)8-9-16(15)19/h4-10,12H,1-3H3,(H,20,21). The zero-order chi connectivity index (χ0) is 17.7. The minimum atomic E-state index is -0.933. The van der Waals surface area contributed by atoms with Gasteiger partial charge < -0.3 is 14.8 Å². The van der Waals surface area contributed by atoms with E-state index < -0.39 is 18.0 Å². The number of carbonyl (C=O) groups excluding carboxylic acids is 2. The molecule has 1 unspecified atom stereocenters. The van der Waals surface area contributed by atoms with Crippen molar-refractivity contribution in [3.63, 3.8) is 0 Å². The third kappa shape index (κ3) is 4.58. The van der Waals surface area contributed by atoms with Crippen molar-refractivity contribution in [2.45, 2.75) is 20.0 Å². The molecule has 5 nitrogen and oxygen atoms in total. The largest absolute Gasteiger partial charge is 0.497 e. The lowest BCUT2D eigenvalue weighted by atomic mass is 10.2. The number of ether oxygens (including phenoxy) is 2. The average Bonchev–Trinajstić information content (AvgIpc) is 2.57. The van der Waals surface area contributed by atoms with Gasteiger partial charge in [0.1, 0.15) is 5.75 Å². The first-order valence-corrected chi connectivity index (χ1v) is 8.12. The van der Waals surface area contributed by atoms with Gasteiger partial charge >= 0.3 is 5.97 Å². The molecule has 1 amide bonds. The first kappa shape index (κ1) is 18.0. The first-order chi connectivity index (χ1) is 11.4. The van der Waals surface area contributed by atoms with Gasteiger partial charge in [-0.1, -0.05) is 17.7 Å². The molecule has 2 aromatic carbocycles. The summed E-state index contributed by atoms with van der Waals surface area (Å²) in [5, 5.41) is 2.71. The Labute approximate surface area is 149 Å². The maximum Gasteiger partial charge on any atom is 0.340 e. The predicted molar refractivity (Wildman–Crippen MR) is 95.4 cm³/mol. The molecule has 24 heavy (non-hydrogen) atoms. The number of rotatable bonds is 5. The van der Waals surface area contributed by atoms with Gasteiger partial charge in [0.2, 0.25) is 0 Å². The van der Waals surface area contributed by atoms with E-state index in [9.17, 15) is 9.59 Å². The molecule has 0 fully saturated rings. The van der Waals surface area contributed by atoms with Gasteiger partial charge in [-0.3, -0.25) is 4.79 Å². The van der Waals surface area contributed by atoms with Gasteiger partial charge in [-0.15, -0.1) is 0 Å². The summed E-state index contributed by atoms with van der Waals surface area (Å²) in [7, 11) is 1.51. The van der Waals surface area contributed by atoms with Gasteiger partial charge in [0.05, 0.1) is 12.7 Å². The number of hydrogen-bond acceptors (Lipinski definition) is 4. The Morgan fingerprint density at radius 3 is 2.42 bits per heavy atom. The first-order valence-electron chi connectivity index (χ1n) is 7.32. The minimum Gasteiger partial charge on any atom is -0.497 e. The van der Waals surface area contributed by atoms with Crippen LogP contribution in [-0.2, 0) is 9.53 Å². The fourth-order valence-corrected chi connectivity index (χ4v) is 2.35. The molecule has 6 heteroatoms. The number of hydrogen-bond donors (Lipinski definition) is 1. The van der Waals surface area contributed by atoms with Gasteiger partial charge in [0.25, 0.3) is 5.91 Å². The molecule has 0 bridgehead atoms. The van der Waals surface area contributed by atoms with Crippen molar-refractivity contribution >= 4 is 33.5 Å². The number of anilines is 1. The summed E-state index contributed by atoms with van der Waals surface area (Å²) in [6.07, 6.45) is -0.933. The monoisotopic (exact) mass is 391 g/mol. The van der Waals surface area contributed by atoms with E-state index in [1.165, 1.54) is 14.0 Å². The SMILES string of the molecule is COc1ccc(Br)c(C(=O)OC(C)C(=O)Nc2ccc(C)cc2)c1. The van der Waals surface area contributed by atoms with Crippen molar-refractivity contribution in [2.75, 3.05) is 12.4 Å². The van der Waals surface area contributed by atoms with E-state index in [0.717, 1.165) is 5.56 Å². The number of methoxy groups -OCH3 is 1. The fraction of sp³-hybridized carbons (Fsp3) is 0.222. The highest BCUT2D eigenvalue weighted by molar-refractivity contribution is 9.10. The lowest BCUT2D eigenvalue weighted by Crippen LogP contribution is -2.30. The zero-order valence-corrected chi connectivity index (χ0v) is 15.2. The molecule has 1 atom stereocenters. The Morgan fingerprint density at radius 1 is 1.12 bits per heavy atom. The molecule has 0 saturated carbocycles. The van der Waals surface area contributed by atoms with Crippen molar-refractivity contribution in [3.05, 3.63) is 58.1 Å². The molecule has 0 heterocycles. The van der Waals surface area contributed by atoms with Gasteiger partial charge in [0.15, 0.2) is 6.10 Å². The van der Waals surface area contributed by atoms with Crippen molar-refractivity contribution < 1.29 is 19.1 Å². The second kappa shape index (κ2) is 7.97. The molecule has 0 aliphatic carbocycles. The fourth-order valence-electron chi connectivity index (χ4n) is 1.95. The van der Waals surface area contributed by atoms with E-state index in [4.69, 9.17) is 9.47 Å². The summed E-state index contributed by atoms with van der Waals surface area (Å²) in [4.78, 5) is 24.4. The third-order valence-corrected chi connectivity index (χ3v) is 4.06. The number of halogens is 1. The molecule has 2 aromatic rings. The van der Waals surface area contributed by atoms with Gasteiger partial charge in [-0.05, 0) is 60.1 Å². The van der Waals surface area contributed by atoms with Crippen LogP contribution < -0.4 is 10.1 Å². The molecular formula is C18H18BrNO4. The zero-order valence-electron chi connectivity index (χ0n) is 13.6. The molecule has 2 rings (SSSR count). The summed E-state index contributed by atoms with van der Waals surface area (Å²) >= 11 is 3.29. The average molecular weight is 392 g/mol. The topological polar surface area (TPSA) is 64.6 Å². The van der Waals surface area contributed by atoms with Crippen LogP contribution in [0.2, 0.25) is 0 Å². The van der Waals surface area contributed by atoms with Crippen LogP contribution in [0.1, 0.15) is 22.8 Å². The van der Waals surface area contributed by atoms with Gasteiger partial charge in [0, 0.05) is 10.2 Å². The molecule has 0 aliphatic rings. The maximum absolute atomic E-state index is 12.3. The van der Waals surface area contributed by atoms with E-state index in [-0.39, 0.29) is 0 Å². The van der Waals surface area contributed by atoms with Crippen LogP contribution in [0.5, 0.6) is 5.75 Å². The van der Waals surface area contributed by atoms with Gasteiger partial charge in [-0.2, -0.15) is 0 Å². The number of nitrogens with one attached hydrogen (secondary N) is 1. The van der Waals surface area contributed by atoms with Crippen LogP contribution in [0.3, 0.4) is 0 Å². The normalized spacial score (nSPS) is 11.5. The van der Waals surface area contributed by atoms with Crippen LogP contribution in [-0.4, -0.2) is 25.1 Å². The molecular weight excluding hydrogens is 374 g/mol. The number of carbonyl (C=O) groups is 2. The Bertz CT molecular complexity index is 743. The Kier molecular flexibility index (Phi) is 5.98. The predicted octanol–water partition coefficient (Wildman–Crippen LogP) is 3.95. The Balaban J connectivity index is 2.02. The third-order valence-electron chi connectivity index (χ3n) is 3.37. The van der Waals surface area contributed by atoms with Crippen molar-refractivity contribution in [1.29, 1.82) is 0 Å². The minimum absolute atomic E-state index is 0.296. The van der Waals surface area contributed by atoms with E-state index in [1.807, 2.05) is 19.1 Å². The summed E-state index contributed by atoms with van der Waals surface area (Å²) < 4.78 is 10.9. The van der Waals surface area contributed by atoms with Crippen LogP contribution in [0, 0.1) is 6.92 Å². The van der Waals surface area contributed by atoms with Crippen molar-refractivity contribution in [2.24, 2.45) is 0 Å². The van der Waals surface area contributed by atoms with Crippen molar-refractivity contribution in [3.8, 4) is 5.75 Å². The highest BCUT2D eigenvalue weighted by Crippen LogP contribution is 2.23. The highest BCUT2D eigenvalue weighted by atomic mass is 79.9. The quantitative estimate of drug-likeness (QED) is 0.783. The lowest BCUT2D eigenvalue weighted by Gasteiger charge is -2.14. The van der Waals surface area contributed by atoms with Crippen LogP contribution >= 0.6 is 15.9 Å². The molecule has 0 saturated heterocycles.